The Hall–Kier alpha value is -2.29. The van der Waals surface area contributed by atoms with Crippen molar-refractivity contribution >= 4 is 16.7 Å². The first-order chi connectivity index (χ1) is 12.2. The molecule has 0 bridgehead atoms. The maximum absolute atomic E-state index is 4.57. The Morgan fingerprint density at radius 3 is 2.92 bits per heavy atom. The van der Waals surface area contributed by atoms with Crippen molar-refractivity contribution < 1.29 is 0 Å². The van der Waals surface area contributed by atoms with Gasteiger partial charge >= 0.3 is 0 Å². The Balaban J connectivity index is 1.55. The Bertz CT molecular complexity index is 893. The molecule has 1 aliphatic heterocycles. The van der Waals surface area contributed by atoms with Gasteiger partial charge in [-0.3, -0.25) is 0 Å². The van der Waals surface area contributed by atoms with E-state index in [1.807, 2.05) is 6.20 Å². The molecule has 25 heavy (non-hydrogen) atoms. The number of aryl methyl sites for hydroxylation is 2. The molecule has 3 aromatic rings. The van der Waals surface area contributed by atoms with E-state index in [-0.39, 0.29) is 0 Å². The van der Waals surface area contributed by atoms with Crippen LogP contribution in [0.25, 0.3) is 10.9 Å². The average Bonchev–Trinajstić information content (AvgIpc) is 3.23. The highest BCUT2D eigenvalue weighted by Gasteiger charge is 2.22. The molecule has 1 aromatic carbocycles. The van der Waals surface area contributed by atoms with Crippen LogP contribution in [0.1, 0.15) is 42.9 Å². The van der Waals surface area contributed by atoms with E-state index in [0.717, 1.165) is 32.4 Å². The van der Waals surface area contributed by atoms with Crippen molar-refractivity contribution in [3.05, 3.63) is 59.4 Å². The number of rotatable bonds is 5. The highest BCUT2D eigenvalue weighted by Crippen LogP contribution is 2.33. The monoisotopic (exact) mass is 333 g/mol. The van der Waals surface area contributed by atoms with Crippen molar-refractivity contribution in [3.8, 4) is 0 Å². The fraction of sp³-hybridized carbons (Fsp3) is 0.409. The van der Waals surface area contributed by atoms with Crippen LogP contribution < -0.4 is 4.90 Å². The first kappa shape index (κ1) is 16.2. The molecule has 1 aliphatic rings. The third-order valence-corrected chi connectivity index (χ3v) is 5.75. The lowest BCUT2D eigenvalue weighted by molar-refractivity contribution is 0.585. The van der Waals surface area contributed by atoms with Crippen molar-refractivity contribution in [1.82, 2.24) is 9.55 Å². The van der Waals surface area contributed by atoms with Crippen molar-refractivity contribution in [2.75, 3.05) is 18.5 Å². The van der Waals surface area contributed by atoms with Crippen LogP contribution >= 0.6 is 0 Å². The third kappa shape index (κ3) is 2.82. The van der Waals surface area contributed by atoms with Gasteiger partial charge in [0.1, 0.15) is 5.82 Å². The predicted octanol–water partition coefficient (Wildman–Crippen LogP) is 4.78. The van der Waals surface area contributed by atoms with Crippen LogP contribution in [0.2, 0.25) is 0 Å². The summed E-state index contributed by atoms with van der Waals surface area (Å²) in [5, 5.41) is 1.41. The first-order valence-electron chi connectivity index (χ1n) is 9.44. The smallest absolute Gasteiger partial charge is 0.131 e. The predicted molar refractivity (Wildman–Crippen MR) is 106 cm³/mol. The third-order valence-electron chi connectivity index (χ3n) is 5.75. The fourth-order valence-corrected chi connectivity index (χ4v) is 4.21. The minimum Gasteiger partial charge on any atom is -0.359 e. The molecular weight excluding hydrogens is 306 g/mol. The number of anilines is 1. The second-order valence-corrected chi connectivity index (χ2v) is 7.28. The van der Waals surface area contributed by atoms with E-state index < -0.39 is 0 Å². The van der Waals surface area contributed by atoms with Gasteiger partial charge in [-0.05, 0) is 60.1 Å². The van der Waals surface area contributed by atoms with Crippen molar-refractivity contribution in [3.63, 3.8) is 0 Å². The molecule has 0 spiro atoms. The molecule has 3 heterocycles. The molecule has 1 unspecified atom stereocenters. The molecule has 0 fully saturated rings. The van der Waals surface area contributed by atoms with Gasteiger partial charge in [0, 0.05) is 43.4 Å². The summed E-state index contributed by atoms with van der Waals surface area (Å²) in [6, 6.07) is 11.2. The Labute approximate surface area is 150 Å². The van der Waals surface area contributed by atoms with Crippen molar-refractivity contribution in [2.45, 2.75) is 45.6 Å². The molecule has 3 heteroatoms. The van der Waals surface area contributed by atoms with Gasteiger partial charge in [-0.1, -0.05) is 26.0 Å². The number of fused-ring (bicyclic) bond motifs is 2. The topological polar surface area (TPSA) is 21.1 Å². The average molecular weight is 333 g/mol. The molecule has 0 aliphatic carbocycles. The molecule has 0 N–H and O–H groups in total. The lowest BCUT2D eigenvalue weighted by Crippen LogP contribution is -2.13. The maximum Gasteiger partial charge on any atom is 0.131 e. The summed E-state index contributed by atoms with van der Waals surface area (Å²) in [6.07, 6.45) is 7.60. The van der Waals surface area contributed by atoms with Crippen LogP contribution in [0.4, 0.5) is 5.82 Å². The number of pyridine rings is 1. The second-order valence-electron chi connectivity index (χ2n) is 7.28. The SMILES string of the molecule is CCc1cccc2c1ccn2CCC(C)c1ccnc2c1CCN2C. The molecule has 1 atom stereocenters. The van der Waals surface area contributed by atoms with Crippen LogP contribution in [0, 0.1) is 0 Å². The van der Waals surface area contributed by atoms with Gasteiger partial charge in [-0.15, -0.1) is 0 Å². The zero-order chi connectivity index (χ0) is 17.4. The van der Waals surface area contributed by atoms with Gasteiger partial charge in [0.2, 0.25) is 0 Å². The van der Waals surface area contributed by atoms with Gasteiger partial charge in [-0.25, -0.2) is 4.98 Å². The lowest BCUT2D eigenvalue weighted by atomic mass is 9.93. The van der Waals surface area contributed by atoms with Gasteiger partial charge in [0.15, 0.2) is 0 Å². The van der Waals surface area contributed by atoms with E-state index in [2.05, 4.69) is 71.9 Å². The van der Waals surface area contributed by atoms with E-state index in [0.29, 0.717) is 5.92 Å². The summed E-state index contributed by atoms with van der Waals surface area (Å²) >= 11 is 0. The molecule has 0 saturated heterocycles. The van der Waals surface area contributed by atoms with E-state index in [1.54, 1.807) is 0 Å². The van der Waals surface area contributed by atoms with Gasteiger partial charge < -0.3 is 9.47 Å². The number of benzene rings is 1. The highest BCUT2D eigenvalue weighted by molar-refractivity contribution is 5.83. The van der Waals surface area contributed by atoms with E-state index >= 15 is 0 Å². The van der Waals surface area contributed by atoms with E-state index in [9.17, 15) is 0 Å². The lowest BCUT2D eigenvalue weighted by Gasteiger charge is -2.17. The van der Waals surface area contributed by atoms with E-state index in [1.165, 1.54) is 33.4 Å². The van der Waals surface area contributed by atoms with Crippen LogP contribution in [0.3, 0.4) is 0 Å². The standard InChI is InChI=1S/C22H27N3/c1-4-17-6-5-7-21-19(17)11-15-25(21)14-9-16(2)18-8-12-23-22-20(18)10-13-24(22)3/h5-8,11-12,15-16H,4,9-10,13-14H2,1-3H3. The van der Waals surface area contributed by atoms with Crippen LogP contribution in [-0.2, 0) is 19.4 Å². The van der Waals surface area contributed by atoms with Crippen LogP contribution in [-0.4, -0.2) is 23.1 Å². The Morgan fingerprint density at radius 2 is 2.08 bits per heavy atom. The summed E-state index contributed by atoms with van der Waals surface area (Å²) in [5.41, 5.74) is 5.76. The molecule has 0 saturated carbocycles. The minimum atomic E-state index is 0.551. The maximum atomic E-state index is 4.57. The molecule has 4 rings (SSSR count). The minimum absolute atomic E-state index is 0.551. The largest absolute Gasteiger partial charge is 0.359 e. The molecule has 0 radical (unpaired) electrons. The van der Waals surface area contributed by atoms with Crippen molar-refractivity contribution in [1.29, 1.82) is 0 Å². The Morgan fingerprint density at radius 1 is 1.20 bits per heavy atom. The molecule has 2 aromatic heterocycles. The number of aromatic nitrogens is 2. The summed E-state index contributed by atoms with van der Waals surface area (Å²) in [5.74, 6) is 1.73. The first-order valence-corrected chi connectivity index (χ1v) is 9.44. The summed E-state index contributed by atoms with van der Waals surface area (Å²) < 4.78 is 2.42. The fourth-order valence-electron chi connectivity index (χ4n) is 4.21. The second kappa shape index (κ2) is 6.55. The summed E-state index contributed by atoms with van der Waals surface area (Å²) in [7, 11) is 2.14. The summed E-state index contributed by atoms with van der Waals surface area (Å²) in [6.45, 7) is 6.74. The quantitative estimate of drug-likeness (QED) is 0.670. The molecule has 0 amide bonds. The van der Waals surface area contributed by atoms with E-state index in [4.69, 9.17) is 0 Å². The Kier molecular flexibility index (Phi) is 4.24. The number of nitrogens with zero attached hydrogens (tertiary/aromatic N) is 3. The zero-order valence-corrected chi connectivity index (χ0v) is 15.5. The molecule has 3 nitrogen and oxygen atoms in total. The molecular formula is C22H27N3. The highest BCUT2D eigenvalue weighted by atomic mass is 15.2. The number of hydrogen-bond acceptors (Lipinski definition) is 2. The van der Waals surface area contributed by atoms with Crippen molar-refractivity contribution in [2.24, 2.45) is 0 Å². The number of hydrogen-bond donors (Lipinski definition) is 0. The number of likely N-dealkylation sites (N-methyl/N-ethyl adjacent to an activating group) is 1. The zero-order valence-electron chi connectivity index (χ0n) is 15.5. The van der Waals surface area contributed by atoms with Crippen LogP contribution in [0.5, 0.6) is 0 Å². The van der Waals surface area contributed by atoms with Crippen LogP contribution in [0.15, 0.2) is 42.7 Å². The van der Waals surface area contributed by atoms with Gasteiger partial charge in [0.25, 0.3) is 0 Å². The summed E-state index contributed by atoms with van der Waals surface area (Å²) in [4.78, 5) is 6.85. The molecule has 130 valence electrons. The van der Waals surface area contributed by atoms with Gasteiger partial charge in [-0.2, -0.15) is 0 Å². The normalized spacial score (nSPS) is 14.9. The van der Waals surface area contributed by atoms with Gasteiger partial charge in [0.05, 0.1) is 0 Å².